The summed E-state index contributed by atoms with van der Waals surface area (Å²) in [5.41, 5.74) is 4.84. The predicted octanol–water partition coefficient (Wildman–Crippen LogP) is 3.88. The summed E-state index contributed by atoms with van der Waals surface area (Å²) in [6, 6.07) is 11.3. The first-order valence-electron chi connectivity index (χ1n) is 14.1. The average molecular weight is 529 g/mol. The van der Waals surface area contributed by atoms with E-state index in [4.69, 9.17) is 0 Å². The third kappa shape index (κ3) is 4.97. The standard InChI is InChI=1S/C30H36N6O3/c1-20-15-21(16-22-19-31-34-27(20)22)17-25(28(38)35-11-5-2-6-12-35)33-29(39)36-13-9-30(10-14-36)18-26(37)32-24-8-4-3-7-23(24)30/h3-4,7-8,15-16,19,25H,2,5-6,9-14,17-18H2,1H3,(H,31,34)(H,32,37)(H,33,39). The van der Waals surface area contributed by atoms with Crippen LogP contribution in [-0.2, 0) is 21.4 Å². The Balaban J connectivity index is 1.18. The quantitative estimate of drug-likeness (QED) is 0.477. The summed E-state index contributed by atoms with van der Waals surface area (Å²) in [6.07, 6.45) is 7.20. The Morgan fingerprint density at radius 1 is 1.05 bits per heavy atom. The van der Waals surface area contributed by atoms with Gasteiger partial charge in [-0.25, -0.2) is 4.79 Å². The van der Waals surface area contributed by atoms with E-state index in [-0.39, 0.29) is 23.3 Å². The Morgan fingerprint density at radius 3 is 2.62 bits per heavy atom. The molecule has 204 valence electrons. The van der Waals surface area contributed by atoms with E-state index in [1.807, 2.05) is 36.1 Å². The summed E-state index contributed by atoms with van der Waals surface area (Å²) in [5, 5.41) is 14.3. The second-order valence-corrected chi connectivity index (χ2v) is 11.4. The highest BCUT2D eigenvalue weighted by Crippen LogP contribution is 2.44. The van der Waals surface area contributed by atoms with Crippen LogP contribution in [0.1, 0.15) is 55.2 Å². The highest BCUT2D eigenvalue weighted by molar-refractivity contribution is 5.95. The molecule has 3 aliphatic heterocycles. The number of anilines is 1. The molecule has 1 atom stereocenters. The molecule has 39 heavy (non-hydrogen) atoms. The van der Waals surface area contributed by atoms with Crippen molar-refractivity contribution in [1.82, 2.24) is 25.3 Å². The van der Waals surface area contributed by atoms with Gasteiger partial charge in [-0.3, -0.25) is 14.7 Å². The summed E-state index contributed by atoms with van der Waals surface area (Å²) in [5.74, 6) is 0.0167. The second kappa shape index (κ2) is 10.4. The van der Waals surface area contributed by atoms with Crippen LogP contribution in [-0.4, -0.2) is 70.1 Å². The zero-order valence-electron chi connectivity index (χ0n) is 22.5. The number of rotatable bonds is 4. The number of hydrogen-bond acceptors (Lipinski definition) is 4. The van der Waals surface area contributed by atoms with Gasteiger partial charge in [-0.1, -0.05) is 24.3 Å². The number of para-hydroxylation sites is 1. The number of piperidine rings is 2. The summed E-state index contributed by atoms with van der Waals surface area (Å²) >= 11 is 0. The minimum Gasteiger partial charge on any atom is -0.341 e. The molecule has 1 spiro atoms. The van der Waals surface area contributed by atoms with Crippen LogP contribution in [0.15, 0.2) is 42.6 Å². The fraction of sp³-hybridized carbons (Fsp3) is 0.467. The topological polar surface area (TPSA) is 110 Å². The molecule has 3 aromatic rings. The van der Waals surface area contributed by atoms with Gasteiger partial charge in [0.1, 0.15) is 6.04 Å². The van der Waals surface area contributed by atoms with Crippen LogP contribution in [0.4, 0.5) is 10.5 Å². The number of carbonyl (C=O) groups is 3. The molecule has 2 aromatic carbocycles. The maximum absolute atomic E-state index is 13.7. The lowest BCUT2D eigenvalue weighted by Gasteiger charge is -2.45. The largest absolute Gasteiger partial charge is 0.341 e. The number of hydrogen-bond donors (Lipinski definition) is 3. The fourth-order valence-corrected chi connectivity index (χ4v) is 6.68. The van der Waals surface area contributed by atoms with E-state index < -0.39 is 6.04 Å². The molecular formula is C30H36N6O3. The molecule has 1 aromatic heterocycles. The zero-order valence-corrected chi connectivity index (χ0v) is 22.5. The van der Waals surface area contributed by atoms with Gasteiger partial charge in [0.25, 0.3) is 0 Å². The number of carbonyl (C=O) groups excluding carboxylic acids is 3. The Bertz CT molecular complexity index is 1400. The summed E-state index contributed by atoms with van der Waals surface area (Å²) in [7, 11) is 0. The molecule has 2 fully saturated rings. The minimum atomic E-state index is -0.642. The number of aryl methyl sites for hydroxylation is 1. The normalized spacial score (nSPS) is 19.5. The van der Waals surface area contributed by atoms with Gasteiger partial charge in [-0.15, -0.1) is 0 Å². The van der Waals surface area contributed by atoms with Crippen LogP contribution in [0.5, 0.6) is 0 Å². The maximum atomic E-state index is 13.7. The van der Waals surface area contributed by atoms with Crippen molar-refractivity contribution < 1.29 is 14.4 Å². The molecule has 0 bridgehead atoms. The Hall–Kier alpha value is -3.88. The minimum absolute atomic E-state index is 0.0145. The predicted molar refractivity (Wildman–Crippen MR) is 149 cm³/mol. The smallest absolute Gasteiger partial charge is 0.318 e. The lowest BCUT2D eigenvalue weighted by Crippen LogP contribution is -2.56. The molecule has 6 rings (SSSR count). The highest BCUT2D eigenvalue weighted by atomic mass is 16.2. The number of fused-ring (bicyclic) bond motifs is 3. The zero-order chi connectivity index (χ0) is 27.0. The number of amides is 4. The Labute approximate surface area is 228 Å². The molecule has 3 aliphatic rings. The number of likely N-dealkylation sites (tertiary alicyclic amines) is 2. The van der Waals surface area contributed by atoms with Crippen molar-refractivity contribution in [3.8, 4) is 0 Å². The third-order valence-electron chi connectivity index (χ3n) is 8.79. The van der Waals surface area contributed by atoms with E-state index >= 15 is 0 Å². The number of urea groups is 1. The number of aromatic nitrogens is 2. The van der Waals surface area contributed by atoms with Crippen LogP contribution in [0, 0.1) is 6.92 Å². The van der Waals surface area contributed by atoms with Crippen LogP contribution < -0.4 is 10.6 Å². The Morgan fingerprint density at radius 2 is 1.82 bits per heavy atom. The first kappa shape index (κ1) is 25.4. The molecule has 9 nitrogen and oxygen atoms in total. The van der Waals surface area contributed by atoms with Crippen molar-refractivity contribution in [3.05, 3.63) is 59.3 Å². The maximum Gasteiger partial charge on any atom is 0.318 e. The van der Waals surface area contributed by atoms with E-state index in [0.717, 1.165) is 65.6 Å². The SMILES string of the molecule is Cc1cc(CC(NC(=O)N2CCC3(CC2)CC(=O)Nc2ccccc23)C(=O)N2CCCCC2)cc2cn[nH]c12. The lowest BCUT2D eigenvalue weighted by atomic mass is 9.68. The van der Waals surface area contributed by atoms with Gasteiger partial charge in [0.2, 0.25) is 11.8 Å². The molecule has 1 unspecified atom stereocenters. The van der Waals surface area contributed by atoms with Crippen molar-refractivity contribution >= 4 is 34.4 Å². The molecule has 2 saturated heterocycles. The first-order valence-corrected chi connectivity index (χ1v) is 14.1. The van der Waals surface area contributed by atoms with Gasteiger partial charge in [0, 0.05) is 55.5 Å². The van der Waals surface area contributed by atoms with Gasteiger partial charge in [0.15, 0.2) is 0 Å². The van der Waals surface area contributed by atoms with Crippen LogP contribution in [0.25, 0.3) is 10.9 Å². The summed E-state index contributed by atoms with van der Waals surface area (Å²) in [4.78, 5) is 43.4. The van der Waals surface area contributed by atoms with Crippen molar-refractivity contribution in [2.24, 2.45) is 0 Å². The number of H-pyrrole nitrogens is 1. The molecular weight excluding hydrogens is 492 g/mol. The van der Waals surface area contributed by atoms with E-state index in [2.05, 4.69) is 33.0 Å². The molecule has 3 N–H and O–H groups in total. The monoisotopic (exact) mass is 528 g/mol. The van der Waals surface area contributed by atoms with Gasteiger partial charge >= 0.3 is 6.03 Å². The third-order valence-corrected chi connectivity index (χ3v) is 8.79. The van der Waals surface area contributed by atoms with Crippen LogP contribution >= 0.6 is 0 Å². The number of aromatic amines is 1. The number of nitrogens with one attached hydrogen (secondary N) is 3. The van der Waals surface area contributed by atoms with E-state index in [9.17, 15) is 14.4 Å². The van der Waals surface area contributed by atoms with Crippen molar-refractivity contribution in [2.45, 2.75) is 63.3 Å². The van der Waals surface area contributed by atoms with Crippen molar-refractivity contribution in [2.75, 3.05) is 31.5 Å². The summed E-state index contributed by atoms with van der Waals surface area (Å²) < 4.78 is 0. The van der Waals surface area contributed by atoms with Gasteiger partial charge in [-0.2, -0.15) is 5.10 Å². The van der Waals surface area contributed by atoms with Gasteiger partial charge < -0.3 is 20.4 Å². The van der Waals surface area contributed by atoms with E-state index in [1.165, 1.54) is 0 Å². The molecule has 4 heterocycles. The first-order chi connectivity index (χ1) is 18.9. The molecule has 0 saturated carbocycles. The molecule has 4 amide bonds. The van der Waals surface area contributed by atoms with Crippen molar-refractivity contribution in [3.63, 3.8) is 0 Å². The number of benzene rings is 2. The van der Waals surface area contributed by atoms with Gasteiger partial charge in [0.05, 0.1) is 11.7 Å². The average Bonchev–Trinajstić information content (AvgIpc) is 3.42. The van der Waals surface area contributed by atoms with Gasteiger partial charge in [-0.05, 0) is 67.9 Å². The summed E-state index contributed by atoms with van der Waals surface area (Å²) in [6.45, 7) is 4.57. The van der Waals surface area contributed by atoms with Crippen LogP contribution in [0.2, 0.25) is 0 Å². The Kier molecular flexibility index (Phi) is 6.74. The molecule has 0 aliphatic carbocycles. The molecule has 0 radical (unpaired) electrons. The van der Waals surface area contributed by atoms with E-state index in [1.54, 1.807) is 11.1 Å². The van der Waals surface area contributed by atoms with Crippen molar-refractivity contribution in [1.29, 1.82) is 0 Å². The fourth-order valence-electron chi connectivity index (χ4n) is 6.68. The second-order valence-electron chi connectivity index (χ2n) is 11.4. The number of nitrogens with zero attached hydrogens (tertiary/aromatic N) is 3. The molecule has 9 heteroatoms. The highest BCUT2D eigenvalue weighted by Gasteiger charge is 2.43. The lowest BCUT2D eigenvalue weighted by molar-refractivity contribution is -0.134. The van der Waals surface area contributed by atoms with Crippen LogP contribution in [0.3, 0.4) is 0 Å². The van der Waals surface area contributed by atoms with E-state index in [0.29, 0.717) is 38.8 Å².